The summed E-state index contributed by atoms with van der Waals surface area (Å²) < 4.78 is 4.97. The van der Waals surface area contributed by atoms with E-state index in [0.29, 0.717) is 12.7 Å². The van der Waals surface area contributed by atoms with Crippen LogP contribution in [0.15, 0.2) is 36.4 Å². The van der Waals surface area contributed by atoms with Gasteiger partial charge in [0, 0.05) is 39.3 Å². The number of hydrogen-bond acceptors (Lipinski definition) is 2. The Morgan fingerprint density at radius 3 is 1.43 bits per heavy atom. The van der Waals surface area contributed by atoms with Crippen molar-refractivity contribution in [2.45, 2.75) is 53.1 Å². The molecule has 1 aliphatic heterocycles. The average Bonchev–Trinajstić information content (AvgIpc) is 3.30. The number of aliphatic hydroxyl groups excluding tert-OH is 1. The van der Waals surface area contributed by atoms with Crippen LogP contribution in [0.4, 0.5) is 0 Å². The van der Waals surface area contributed by atoms with Crippen molar-refractivity contribution in [2.75, 3.05) is 13.2 Å². The SMILES string of the molecule is CC.CC.OCCCCC1CO1.[CH3-].[CH3-].[Y].c1ccccc1. The molecule has 0 saturated carbocycles. The van der Waals surface area contributed by atoms with E-state index in [1.54, 1.807) is 0 Å². The molecule has 1 saturated heterocycles. The van der Waals surface area contributed by atoms with Crippen molar-refractivity contribution >= 4 is 0 Å². The predicted molar refractivity (Wildman–Crippen MR) is 92.6 cm³/mol. The van der Waals surface area contributed by atoms with Crippen molar-refractivity contribution < 1.29 is 42.6 Å². The van der Waals surface area contributed by atoms with Crippen LogP contribution in [0.25, 0.3) is 0 Å². The van der Waals surface area contributed by atoms with Gasteiger partial charge in [-0.25, -0.2) is 0 Å². The van der Waals surface area contributed by atoms with Gasteiger partial charge in [0.2, 0.25) is 0 Å². The number of unbranched alkanes of at least 4 members (excludes halogenated alkanes) is 1. The van der Waals surface area contributed by atoms with E-state index in [2.05, 4.69) is 0 Å². The molecule has 1 aromatic rings. The smallest absolute Gasteiger partial charge is 0.0810 e. The van der Waals surface area contributed by atoms with Gasteiger partial charge in [-0.15, -0.1) is 0 Å². The van der Waals surface area contributed by atoms with E-state index in [0.717, 1.165) is 25.9 Å². The molecule has 1 aromatic carbocycles. The van der Waals surface area contributed by atoms with E-state index in [-0.39, 0.29) is 47.6 Å². The minimum atomic E-state index is 0. The Morgan fingerprint density at radius 1 is 0.857 bits per heavy atom. The van der Waals surface area contributed by atoms with Crippen LogP contribution in [0.5, 0.6) is 0 Å². The van der Waals surface area contributed by atoms with Gasteiger partial charge >= 0.3 is 0 Å². The molecule has 0 bridgehead atoms. The molecule has 1 unspecified atom stereocenters. The summed E-state index contributed by atoms with van der Waals surface area (Å²) in [5.41, 5.74) is 0. The second-order valence-electron chi connectivity index (χ2n) is 3.33. The maximum absolute atomic E-state index is 8.36. The Morgan fingerprint density at radius 2 is 1.19 bits per heavy atom. The Hall–Kier alpha value is 0.244. The Balaban J connectivity index is -0.0000000598. The number of aliphatic hydroxyl groups is 1. The molecule has 2 nitrogen and oxygen atoms in total. The fraction of sp³-hybridized carbons (Fsp3) is 0.556. The van der Waals surface area contributed by atoms with Crippen molar-refractivity contribution in [1.29, 1.82) is 0 Å². The fourth-order valence-corrected chi connectivity index (χ4v) is 1.10. The van der Waals surface area contributed by atoms with E-state index >= 15 is 0 Å². The van der Waals surface area contributed by atoms with E-state index in [9.17, 15) is 0 Å². The summed E-state index contributed by atoms with van der Waals surface area (Å²) in [4.78, 5) is 0. The van der Waals surface area contributed by atoms with Crippen molar-refractivity contribution in [3.63, 3.8) is 0 Å². The van der Waals surface area contributed by atoms with Crippen molar-refractivity contribution in [2.24, 2.45) is 0 Å². The molecule has 1 fully saturated rings. The Bertz CT molecular complexity index is 187. The first-order chi connectivity index (χ1) is 8.93. The van der Waals surface area contributed by atoms with Crippen LogP contribution in [0.1, 0.15) is 47.0 Å². The van der Waals surface area contributed by atoms with E-state index in [1.165, 1.54) is 0 Å². The number of epoxide rings is 1. The molecule has 1 N–H and O–H groups in total. The molecule has 1 radical (unpaired) electrons. The quantitative estimate of drug-likeness (QED) is 0.448. The molecular formula is C18H36O2Y-2. The van der Waals surface area contributed by atoms with Crippen LogP contribution in [-0.2, 0) is 37.4 Å². The van der Waals surface area contributed by atoms with Crippen LogP contribution in [0, 0.1) is 14.9 Å². The van der Waals surface area contributed by atoms with E-state index in [1.807, 2.05) is 64.1 Å². The van der Waals surface area contributed by atoms with Gasteiger partial charge in [-0.1, -0.05) is 64.1 Å². The summed E-state index contributed by atoms with van der Waals surface area (Å²) in [7, 11) is 0. The van der Waals surface area contributed by atoms with Crippen LogP contribution in [-0.4, -0.2) is 24.4 Å². The van der Waals surface area contributed by atoms with E-state index in [4.69, 9.17) is 9.84 Å². The normalized spacial score (nSPS) is 12.7. The molecule has 3 heteroatoms. The fourth-order valence-electron chi connectivity index (χ4n) is 1.10. The molecule has 0 spiro atoms. The van der Waals surface area contributed by atoms with Crippen molar-refractivity contribution in [3.05, 3.63) is 51.3 Å². The van der Waals surface area contributed by atoms with Gasteiger partial charge in [0.05, 0.1) is 12.7 Å². The second-order valence-corrected chi connectivity index (χ2v) is 3.33. The number of benzene rings is 1. The van der Waals surface area contributed by atoms with Gasteiger partial charge in [-0.2, -0.15) is 0 Å². The summed E-state index contributed by atoms with van der Waals surface area (Å²) in [6.45, 7) is 9.28. The van der Waals surface area contributed by atoms with Crippen molar-refractivity contribution in [3.8, 4) is 0 Å². The Kier molecular flexibility index (Phi) is 50.7. The monoisotopic (exact) mass is 373 g/mol. The zero-order chi connectivity index (χ0) is 14.1. The first-order valence-electron chi connectivity index (χ1n) is 7.16. The molecular weight excluding hydrogens is 337 g/mol. The van der Waals surface area contributed by atoms with Crippen LogP contribution >= 0.6 is 0 Å². The summed E-state index contributed by atoms with van der Waals surface area (Å²) in [5.74, 6) is 0. The predicted octanol–water partition coefficient (Wildman–Crippen LogP) is 5.18. The minimum absolute atomic E-state index is 0. The van der Waals surface area contributed by atoms with Crippen LogP contribution in [0.2, 0.25) is 0 Å². The maximum Gasteiger partial charge on any atom is 0.0810 e. The summed E-state index contributed by atoms with van der Waals surface area (Å²) in [6.07, 6.45) is 3.73. The van der Waals surface area contributed by atoms with Gasteiger partial charge in [0.1, 0.15) is 0 Å². The summed E-state index contributed by atoms with van der Waals surface area (Å²) >= 11 is 0. The summed E-state index contributed by atoms with van der Waals surface area (Å²) in [6, 6.07) is 12.0. The van der Waals surface area contributed by atoms with E-state index < -0.39 is 0 Å². The minimum Gasteiger partial charge on any atom is -0.396 e. The maximum atomic E-state index is 8.36. The van der Waals surface area contributed by atoms with Crippen molar-refractivity contribution in [1.82, 2.24) is 0 Å². The molecule has 2 rings (SSSR count). The molecule has 0 aromatic heterocycles. The summed E-state index contributed by atoms with van der Waals surface area (Å²) in [5, 5.41) is 8.36. The molecule has 1 aliphatic rings. The molecule has 21 heavy (non-hydrogen) atoms. The molecule has 1 heterocycles. The number of ether oxygens (including phenoxy) is 1. The second kappa shape index (κ2) is 32.3. The van der Waals surface area contributed by atoms with Gasteiger partial charge < -0.3 is 24.7 Å². The average molecular weight is 373 g/mol. The number of hydrogen-bond donors (Lipinski definition) is 1. The van der Waals surface area contributed by atoms with Gasteiger partial charge in [-0.05, 0) is 19.3 Å². The first-order valence-corrected chi connectivity index (χ1v) is 7.16. The molecule has 125 valence electrons. The van der Waals surface area contributed by atoms with Gasteiger partial charge in [-0.3, -0.25) is 0 Å². The van der Waals surface area contributed by atoms with Gasteiger partial charge in [0.15, 0.2) is 0 Å². The third-order valence-corrected chi connectivity index (χ3v) is 2.00. The molecule has 1 atom stereocenters. The number of rotatable bonds is 4. The zero-order valence-corrected chi connectivity index (χ0v) is 17.8. The topological polar surface area (TPSA) is 32.8 Å². The third kappa shape index (κ3) is 33.2. The van der Waals surface area contributed by atoms with Crippen LogP contribution in [0.3, 0.4) is 0 Å². The molecule has 0 aliphatic carbocycles. The largest absolute Gasteiger partial charge is 0.396 e. The first kappa shape index (κ1) is 33.0. The third-order valence-electron chi connectivity index (χ3n) is 2.00. The zero-order valence-electron chi connectivity index (χ0n) is 15.0. The Labute approximate surface area is 159 Å². The van der Waals surface area contributed by atoms with Crippen LogP contribution < -0.4 is 0 Å². The molecule has 0 amide bonds. The van der Waals surface area contributed by atoms with Gasteiger partial charge in [0.25, 0.3) is 0 Å². The standard InChI is InChI=1S/C6H12O2.C6H6.2C2H6.2CH3.Y/c7-4-2-1-3-6-5-8-6;1-2-4-6-5-3-1;2*1-2;;;/h6-7H,1-5H2;1-6H;2*1-2H3;2*1H3;/q;;;;2*-1;.